The molecule has 0 N–H and O–H groups in total. The molecular weight excluding hydrogens is 485 g/mol. The van der Waals surface area contributed by atoms with E-state index in [1.165, 1.54) is 12.8 Å². The number of amides is 1. The molecule has 1 amide bonds. The lowest BCUT2D eigenvalue weighted by Crippen LogP contribution is -2.46. The Hall–Kier alpha value is -3.82. The molecule has 10 heteroatoms. The zero-order valence-corrected chi connectivity index (χ0v) is 20.3. The average molecular weight is 513 g/mol. The highest BCUT2D eigenvalue weighted by atomic mass is 19.4. The summed E-state index contributed by atoms with van der Waals surface area (Å²) in [5, 5.41) is 0. The highest BCUT2D eigenvalue weighted by Crippen LogP contribution is 2.40. The molecule has 194 valence electrons. The zero-order chi connectivity index (χ0) is 26.0. The predicted octanol–water partition coefficient (Wildman–Crippen LogP) is 6.26. The van der Waals surface area contributed by atoms with Crippen molar-refractivity contribution in [2.75, 3.05) is 25.0 Å². The minimum Gasteiger partial charge on any atom is -0.439 e. The van der Waals surface area contributed by atoms with Gasteiger partial charge in [-0.2, -0.15) is 13.2 Å². The van der Waals surface area contributed by atoms with Crippen LogP contribution in [0.15, 0.2) is 60.9 Å². The van der Waals surface area contributed by atoms with E-state index in [-0.39, 0.29) is 5.88 Å². The monoisotopic (exact) mass is 512 g/mol. The summed E-state index contributed by atoms with van der Waals surface area (Å²) in [5.41, 5.74) is 1.47. The van der Waals surface area contributed by atoms with E-state index in [1.54, 1.807) is 29.2 Å². The van der Waals surface area contributed by atoms with Crippen LogP contribution in [0.3, 0.4) is 0 Å². The van der Waals surface area contributed by atoms with Crippen molar-refractivity contribution < 1.29 is 27.4 Å². The summed E-state index contributed by atoms with van der Waals surface area (Å²) in [4.78, 5) is 24.8. The van der Waals surface area contributed by atoms with E-state index >= 15 is 0 Å². The molecule has 5 rings (SSSR count). The fourth-order valence-electron chi connectivity index (χ4n) is 4.38. The lowest BCUT2D eigenvalue weighted by atomic mass is 10.0. The molecule has 3 aromatic rings. The summed E-state index contributed by atoms with van der Waals surface area (Å²) in [6, 6.07) is 12.9. The van der Waals surface area contributed by atoms with Gasteiger partial charge in [0.2, 0.25) is 5.88 Å². The van der Waals surface area contributed by atoms with Crippen molar-refractivity contribution in [2.45, 2.75) is 43.8 Å². The number of carbonyl (C=O) groups excluding carboxylic acids is 1. The van der Waals surface area contributed by atoms with Crippen LogP contribution in [0.5, 0.6) is 17.4 Å². The van der Waals surface area contributed by atoms with Gasteiger partial charge in [0, 0.05) is 61.9 Å². The Morgan fingerprint density at radius 1 is 0.973 bits per heavy atom. The number of nitrogens with zero attached hydrogens (tertiary/aromatic N) is 4. The Morgan fingerprint density at radius 3 is 2.30 bits per heavy atom. The normalized spacial score (nSPS) is 16.4. The van der Waals surface area contributed by atoms with E-state index < -0.39 is 17.8 Å². The molecule has 1 aromatic carbocycles. The number of hydrogen-bond donors (Lipinski definition) is 0. The van der Waals surface area contributed by atoms with Gasteiger partial charge in [-0.05, 0) is 68.1 Å². The fraction of sp³-hybridized carbons (Fsp3) is 0.370. The van der Waals surface area contributed by atoms with Crippen LogP contribution < -0.4 is 14.4 Å². The number of rotatable bonds is 6. The minimum atomic E-state index is -4.46. The van der Waals surface area contributed by atoms with Gasteiger partial charge in [-0.15, -0.1) is 0 Å². The maximum atomic E-state index is 12.7. The summed E-state index contributed by atoms with van der Waals surface area (Å²) >= 11 is 0. The number of piperidine rings is 1. The maximum absolute atomic E-state index is 12.7. The molecule has 3 heterocycles. The van der Waals surface area contributed by atoms with Crippen molar-refractivity contribution in [3.05, 3.63) is 72.2 Å². The highest BCUT2D eigenvalue weighted by Gasteiger charge is 2.31. The Morgan fingerprint density at radius 2 is 1.68 bits per heavy atom. The van der Waals surface area contributed by atoms with Gasteiger partial charge in [0.25, 0.3) is 0 Å². The van der Waals surface area contributed by atoms with Crippen molar-refractivity contribution >= 4 is 11.8 Å². The number of hydrogen-bond acceptors (Lipinski definition) is 6. The fourth-order valence-corrected chi connectivity index (χ4v) is 4.38. The van der Waals surface area contributed by atoms with E-state index in [4.69, 9.17) is 9.47 Å². The number of pyridine rings is 2. The number of aromatic nitrogens is 2. The molecule has 7 nitrogen and oxygen atoms in total. The number of ether oxygens (including phenoxy) is 2. The van der Waals surface area contributed by atoms with Crippen LogP contribution in [-0.4, -0.2) is 47.1 Å². The lowest BCUT2D eigenvalue weighted by molar-refractivity contribution is -0.137. The second-order valence-electron chi connectivity index (χ2n) is 9.37. The summed E-state index contributed by atoms with van der Waals surface area (Å²) in [6.45, 7) is 1.18. The molecule has 2 aromatic heterocycles. The third-order valence-corrected chi connectivity index (χ3v) is 6.75. The molecule has 1 aliphatic heterocycles. The number of carbonyl (C=O) groups is 1. The second kappa shape index (κ2) is 10.3. The van der Waals surface area contributed by atoms with Gasteiger partial charge in [0.1, 0.15) is 11.5 Å². The largest absolute Gasteiger partial charge is 0.439 e. The van der Waals surface area contributed by atoms with Crippen molar-refractivity contribution in [3.63, 3.8) is 0 Å². The second-order valence-corrected chi connectivity index (χ2v) is 9.37. The lowest BCUT2D eigenvalue weighted by Gasteiger charge is -2.37. The van der Waals surface area contributed by atoms with Gasteiger partial charge >= 0.3 is 12.3 Å². The molecule has 2 aliphatic rings. The standard InChI is InChI=1S/C27H27F3N4O3/c1-33(21-10-13-31-24(16-21)18-2-3-18)20-11-14-34(15-12-20)26(35)37-23-7-5-22(6-8-23)36-25-9-4-19(17-32-25)27(28,29)30/h4-10,13,16-18,20H,2-3,11-12,14-15H2,1H3. The van der Waals surface area contributed by atoms with Crippen LogP contribution in [0.1, 0.15) is 42.9 Å². The van der Waals surface area contributed by atoms with Gasteiger partial charge in [-0.1, -0.05) is 0 Å². The number of anilines is 1. The van der Waals surface area contributed by atoms with Crippen LogP contribution in [0.4, 0.5) is 23.7 Å². The molecule has 2 fully saturated rings. The molecule has 37 heavy (non-hydrogen) atoms. The number of halogens is 3. The van der Waals surface area contributed by atoms with Gasteiger partial charge in [-0.25, -0.2) is 9.78 Å². The smallest absolute Gasteiger partial charge is 0.417 e. The SMILES string of the molecule is CN(c1ccnc(C2CC2)c1)C1CCN(C(=O)Oc2ccc(Oc3ccc(C(F)(F)F)cn3)cc2)CC1. The Balaban J connectivity index is 1.10. The van der Waals surface area contributed by atoms with Crippen molar-refractivity contribution in [1.82, 2.24) is 14.9 Å². The van der Waals surface area contributed by atoms with Gasteiger partial charge in [-0.3, -0.25) is 4.98 Å². The molecule has 0 radical (unpaired) electrons. The van der Waals surface area contributed by atoms with Crippen molar-refractivity contribution in [2.24, 2.45) is 0 Å². The van der Waals surface area contributed by atoms with Gasteiger partial charge < -0.3 is 19.3 Å². The van der Waals surface area contributed by atoms with Crippen LogP contribution in [-0.2, 0) is 6.18 Å². The summed E-state index contributed by atoms with van der Waals surface area (Å²) in [7, 11) is 2.09. The number of alkyl halides is 3. The average Bonchev–Trinajstić information content (AvgIpc) is 3.75. The highest BCUT2D eigenvalue weighted by molar-refractivity contribution is 5.71. The van der Waals surface area contributed by atoms with Crippen LogP contribution in [0.2, 0.25) is 0 Å². The molecule has 0 atom stereocenters. The van der Waals surface area contributed by atoms with Crippen molar-refractivity contribution in [1.29, 1.82) is 0 Å². The van der Waals surface area contributed by atoms with Crippen LogP contribution in [0, 0.1) is 0 Å². The number of benzene rings is 1. The predicted molar refractivity (Wildman–Crippen MR) is 131 cm³/mol. The van der Waals surface area contributed by atoms with Crippen LogP contribution >= 0.6 is 0 Å². The molecule has 0 spiro atoms. The topological polar surface area (TPSA) is 67.8 Å². The maximum Gasteiger partial charge on any atom is 0.417 e. The first-order valence-electron chi connectivity index (χ1n) is 12.2. The Bertz CT molecular complexity index is 1220. The van der Waals surface area contributed by atoms with E-state index in [2.05, 4.69) is 28.0 Å². The molecule has 1 saturated heterocycles. The third-order valence-electron chi connectivity index (χ3n) is 6.75. The number of likely N-dealkylation sites (tertiary alicyclic amines) is 1. The van der Waals surface area contributed by atoms with Crippen molar-refractivity contribution in [3.8, 4) is 17.4 Å². The van der Waals surface area contributed by atoms with E-state index in [9.17, 15) is 18.0 Å². The molecular formula is C27H27F3N4O3. The third kappa shape index (κ3) is 6.12. The first kappa shape index (κ1) is 24.9. The first-order valence-corrected chi connectivity index (χ1v) is 12.2. The zero-order valence-electron chi connectivity index (χ0n) is 20.3. The first-order chi connectivity index (χ1) is 17.8. The Labute approximate surface area is 212 Å². The quantitative estimate of drug-likeness (QED) is 0.388. The van der Waals surface area contributed by atoms with E-state index in [1.807, 2.05) is 12.3 Å². The Kier molecular flexibility index (Phi) is 6.90. The van der Waals surface area contributed by atoms with E-state index in [0.717, 1.165) is 42.6 Å². The molecule has 0 unspecified atom stereocenters. The van der Waals surface area contributed by atoms with Crippen LogP contribution in [0.25, 0.3) is 0 Å². The summed E-state index contributed by atoms with van der Waals surface area (Å²) in [6.07, 6.45) is 1.82. The van der Waals surface area contributed by atoms with Gasteiger partial charge in [0.15, 0.2) is 0 Å². The summed E-state index contributed by atoms with van der Waals surface area (Å²) < 4.78 is 49.0. The molecule has 0 bridgehead atoms. The molecule has 1 saturated carbocycles. The molecule has 1 aliphatic carbocycles. The van der Waals surface area contributed by atoms with E-state index in [0.29, 0.717) is 36.5 Å². The minimum absolute atomic E-state index is 0.0288. The summed E-state index contributed by atoms with van der Waals surface area (Å²) in [5.74, 6) is 1.34. The van der Waals surface area contributed by atoms with Gasteiger partial charge in [0.05, 0.1) is 5.56 Å².